The summed E-state index contributed by atoms with van der Waals surface area (Å²) in [6.45, 7) is 5.07. The quantitative estimate of drug-likeness (QED) is 0.284. The molecule has 2 unspecified atom stereocenters. The highest BCUT2D eigenvalue weighted by Gasteiger charge is 2.29. The van der Waals surface area contributed by atoms with E-state index >= 15 is 0 Å². The van der Waals surface area contributed by atoms with Crippen LogP contribution in [0.25, 0.3) is 0 Å². The molecule has 4 N–H and O–H groups in total. The first kappa shape index (κ1) is 11.7. The zero-order valence-corrected chi connectivity index (χ0v) is 9.60. The van der Waals surface area contributed by atoms with E-state index in [1.807, 2.05) is 18.7 Å². The van der Waals surface area contributed by atoms with E-state index in [1.165, 1.54) is 18.6 Å². The molecule has 0 aliphatic carbocycles. The summed E-state index contributed by atoms with van der Waals surface area (Å²) in [7, 11) is 0. The third-order valence-electron chi connectivity index (χ3n) is 2.64. The van der Waals surface area contributed by atoms with Crippen LogP contribution in [0.3, 0.4) is 0 Å². The molecule has 1 rings (SSSR count). The Morgan fingerprint density at radius 1 is 1.79 bits per heavy atom. The number of oxime groups is 1. The average molecular weight is 217 g/mol. The number of nitrogens with two attached hydrogens (primary N) is 1. The molecule has 0 radical (unpaired) electrons. The van der Waals surface area contributed by atoms with Crippen LogP contribution in [-0.4, -0.2) is 34.1 Å². The molecule has 0 spiro atoms. The van der Waals surface area contributed by atoms with Crippen LogP contribution in [0.5, 0.6) is 0 Å². The molecule has 1 aliphatic heterocycles. The van der Waals surface area contributed by atoms with Gasteiger partial charge in [-0.3, -0.25) is 0 Å². The number of hydrogen-bond donors (Lipinski definition) is 3. The highest BCUT2D eigenvalue weighted by Crippen LogP contribution is 2.36. The van der Waals surface area contributed by atoms with Gasteiger partial charge < -0.3 is 16.3 Å². The van der Waals surface area contributed by atoms with E-state index in [0.29, 0.717) is 4.75 Å². The molecule has 0 amide bonds. The van der Waals surface area contributed by atoms with Gasteiger partial charge in [0.1, 0.15) is 0 Å². The predicted octanol–water partition coefficient (Wildman–Crippen LogP) is 0.997. The normalized spacial score (nSPS) is 30.6. The molecule has 14 heavy (non-hydrogen) atoms. The van der Waals surface area contributed by atoms with Gasteiger partial charge in [0.2, 0.25) is 0 Å². The Hall–Kier alpha value is -0.420. The maximum absolute atomic E-state index is 8.48. The monoisotopic (exact) mass is 217 g/mol. The minimum absolute atomic E-state index is 0.0574. The van der Waals surface area contributed by atoms with Crippen molar-refractivity contribution < 1.29 is 5.21 Å². The van der Waals surface area contributed by atoms with E-state index in [0.717, 1.165) is 6.54 Å². The standard InChI is InChI=1S/C9H19N3OS/c1-7(8(10)12-13)11-6-9(2)4-3-5-14-9/h7,11,13H,3-6H2,1-2H3,(H2,10,12). The predicted molar refractivity (Wildman–Crippen MR) is 61.0 cm³/mol. The molecular weight excluding hydrogens is 198 g/mol. The first-order chi connectivity index (χ1) is 6.57. The van der Waals surface area contributed by atoms with Gasteiger partial charge in [0.25, 0.3) is 0 Å². The maximum atomic E-state index is 8.48. The number of nitrogens with one attached hydrogen (secondary N) is 1. The smallest absolute Gasteiger partial charge is 0.156 e. The lowest BCUT2D eigenvalue weighted by molar-refractivity contribution is 0.314. The van der Waals surface area contributed by atoms with Crippen molar-refractivity contribution in [2.45, 2.75) is 37.5 Å². The van der Waals surface area contributed by atoms with Gasteiger partial charge in [0.05, 0.1) is 6.04 Å². The maximum Gasteiger partial charge on any atom is 0.156 e. The summed E-state index contributed by atoms with van der Waals surface area (Å²) >= 11 is 2.00. The van der Waals surface area contributed by atoms with E-state index in [1.54, 1.807) is 0 Å². The summed E-state index contributed by atoms with van der Waals surface area (Å²) in [6.07, 6.45) is 2.54. The van der Waals surface area contributed by atoms with Crippen LogP contribution in [0.2, 0.25) is 0 Å². The molecule has 0 aromatic heterocycles. The number of thioether (sulfide) groups is 1. The molecule has 0 bridgehead atoms. The van der Waals surface area contributed by atoms with Crippen LogP contribution >= 0.6 is 11.8 Å². The van der Waals surface area contributed by atoms with Gasteiger partial charge in [-0.25, -0.2) is 0 Å². The van der Waals surface area contributed by atoms with Crippen molar-refractivity contribution in [3.8, 4) is 0 Å². The zero-order valence-electron chi connectivity index (χ0n) is 8.79. The molecule has 4 nitrogen and oxygen atoms in total. The van der Waals surface area contributed by atoms with Crippen molar-refractivity contribution in [3.05, 3.63) is 0 Å². The van der Waals surface area contributed by atoms with E-state index in [2.05, 4.69) is 17.4 Å². The molecule has 1 heterocycles. The van der Waals surface area contributed by atoms with Crippen molar-refractivity contribution >= 4 is 17.6 Å². The fraction of sp³-hybridized carbons (Fsp3) is 0.889. The summed E-state index contributed by atoms with van der Waals surface area (Å²) in [5.41, 5.74) is 5.48. The average Bonchev–Trinajstić information content (AvgIpc) is 2.61. The summed E-state index contributed by atoms with van der Waals surface area (Å²) in [6, 6.07) is -0.0574. The Bertz CT molecular complexity index is 214. The molecule has 1 aliphatic rings. The molecule has 2 atom stereocenters. The van der Waals surface area contributed by atoms with Gasteiger partial charge in [0, 0.05) is 11.3 Å². The summed E-state index contributed by atoms with van der Waals surface area (Å²) in [4.78, 5) is 0. The lowest BCUT2D eigenvalue weighted by atomic mass is 10.1. The largest absolute Gasteiger partial charge is 0.409 e. The molecule has 0 saturated carbocycles. The van der Waals surface area contributed by atoms with Crippen molar-refractivity contribution in [2.75, 3.05) is 12.3 Å². The Kier molecular flexibility index (Phi) is 4.07. The van der Waals surface area contributed by atoms with E-state index in [4.69, 9.17) is 10.9 Å². The minimum atomic E-state index is -0.0574. The molecule has 0 aromatic carbocycles. The van der Waals surface area contributed by atoms with Crippen LogP contribution in [0, 0.1) is 0 Å². The Morgan fingerprint density at radius 3 is 3.00 bits per heavy atom. The topological polar surface area (TPSA) is 70.6 Å². The molecular formula is C9H19N3OS. The van der Waals surface area contributed by atoms with E-state index in [9.17, 15) is 0 Å². The van der Waals surface area contributed by atoms with E-state index < -0.39 is 0 Å². The fourth-order valence-electron chi connectivity index (χ4n) is 1.54. The first-order valence-corrected chi connectivity index (χ1v) is 5.91. The number of nitrogens with zero attached hydrogens (tertiary/aromatic N) is 1. The van der Waals surface area contributed by atoms with E-state index in [-0.39, 0.29) is 11.9 Å². The van der Waals surface area contributed by atoms with Gasteiger partial charge >= 0.3 is 0 Å². The highest BCUT2D eigenvalue weighted by molar-refractivity contribution is 8.00. The molecule has 5 heteroatoms. The van der Waals surface area contributed by atoms with Gasteiger partial charge in [-0.05, 0) is 32.4 Å². The van der Waals surface area contributed by atoms with Crippen LogP contribution in [0.1, 0.15) is 26.7 Å². The first-order valence-electron chi connectivity index (χ1n) is 4.92. The van der Waals surface area contributed by atoms with Crippen LogP contribution in [0.4, 0.5) is 0 Å². The highest BCUT2D eigenvalue weighted by atomic mass is 32.2. The van der Waals surface area contributed by atoms with Gasteiger partial charge in [0.15, 0.2) is 5.84 Å². The summed E-state index contributed by atoms with van der Waals surface area (Å²) in [5.74, 6) is 1.49. The molecule has 82 valence electrons. The lowest BCUT2D eigenvalue weighted by Crippen LogP contribution is -2.44. The number of rotatable bonds is 4. The second-order valence-corrected chi connectivity index (χ2v) is 5.71. The van der Waals surface area contributed by atoms with Crippen molar-refractivity contribution in [3.63, 3.8) is 0 Å². The van der Waals surface area contributed by atoms with Crippen LogP contribution in [-0.2, 0) is 0 Å². The van der Waals surface area contributed by atoms with Crippen LogP contribution < -0.4 is 11.1 Å². The summed E-state index contributed by atoms with van der Waals surface area (Å²) < 4.78 is 0.323. The second-order valence-electron chi connectivity index (χ2n) is 4.03. The number of hydrogen-bond acceptors (Lipinski definition) is 4. The fourth-order valence-corrected chi connectivity index (χ4v) is 2.79. The number of amidine groups is 1. The molecule has 1 fully saturated rings. The Balaban J connectivity index is 2.32. The summed E-state index contributed by atoms with van der Waals surface area (Å²) in [5, 5.41) is 14.7. The minimum Gasteiger partial charge on any atom is -0.409 e. The second kappa shape index (κ2) is 4.89. The van der Waals surface area contributed by atoms with Crippen molar-refractivity contribution in [1.82, 2.24) is 5.32 Å². The van der Waals surface area contributed by atoms with Gasteiger partial charge in [-0.1, -0.05) is 5.16 Å². The third-order valence-corrected chi connectivity index (χ3v) is 4.18. The Morgan fingerprint density at radius 2 is 2.50 bits per heavy atom. The molecule has 0 aromatic rings. The van der Waals surface area contributed by atoms with Crippen LogP contribution in [0.15, 0.2) is 5.16 Å². The SMILES string of the molecule is CC(NCC1(C)CCCS1)C(N)=NO. The third kappa shape index (κ3) is 3.06. The molecule has 1 saturated heterocycles. The van der Waals surface area contributed by atoms with Gasteiger partial charge in [-0.2, -0.15) is 11.8 Å². The zero-order chi connectivity index (χ0) is 10.6. The van der Waals surface area contributed by atoms with Gasteiger partial charge in [-0.15, -0.1) is 0 Å². The lowest BCUT2D eigenvalue weighted by Gasteiger charge is -2.25. The van der Waals surface area contributed by atoms with Crippen molar-refractivity contribution in [1.29, 1.82) is 0 Å². The van der Waals surface area contributed by atoms with Crippen molar-refractivity contribution in [2.24, 2.45) is 10.9 Å². The Labute approximate surface area is 89.3 Å².